The molecular weight excluding hydrogens is 705 g/mol. The SMILES string of the molecule is c1ccc(-c2ccc(N(c3ccc(-c4ccccc4)cc3)c3ccc(-c4ccccc4-c4ccccc4-c4ccc(-c5nc6ccccc6o5)cc4)cc3)cc2)cc1. The van der Waals surface area contributed by atoms with Gasteiger partial charge >= 0.3 is 0 Å². The van der Waals surface area contributed by atoms with Gasteiger partial charge in [0, 0.05) is 22.6 Å². The van der Waals surface area contributed by atoms with Crippen molar-refractivity contribution in [2.24, 2.45) is 0 Å². The van der Waals surface area contributed by atoms with Gasteiger partial charge in [0.1, 0.15) is 5.52 Å². The summed E-state index contributed by atoms with van der Waals surface area (Å²) in [6, 6.07) is 81.5. The molecule has 9 aromatic carbocycles. The Balaban J connectivity index is 0.988. The Labute approximate surface area is 338 Å². The van der Waals surface area contributed by atoms with Gasteiger partial charge in [0.2, 0.25) is 5.89 Å². The molecule has 274 valence electrons. The van der Waals surface area contributed by atoms with Crippen molar-refractivity contribution in [3.63, 3.8) is 0 Å². The number of para-hydroxylation sites is 2. The maximum Gasteiger partial charge on any atom is 0.227 e. The molecule has 3 heteroatoms. The minimum atomic E-state index is 0.627. The number of nitrogens with zero attached hydrogens (tertiary/aromatic N) is 2. The van der Waals surface area contributed by atoms with E-state index in [2.05, 4.69) is 211 Å². The standard InChI is InChI=1S/C55H38N2O/c1-3-13-39(14-4-1)41-27-33-46(34-28-41)57(47-35-29-42(30-36-47)40-15-5-2-6-16-40)48-37-31-44(32-38-48)50-18-8-10-20-52(50)51-19-9-7-17-49(51)43-23-25-45(26-24-43)55-56-53-21-11-12-22-54(53)58-55/h1-38H. The van der Waals surface area contributed by atoms with E-state index in [9.17, 15) is 0 Å². The minimum absolute atomic E-state index is 0.627. The highest BCUT2D eigenvalue weighted by Gasteiger charge is 2.17. The fraction of sp³-hybridized carbons (Fsp3) is 0. The van der Waals surface area contributed by atoms with E-state index in [0.717, 1.165) is 44.9 Å². The molecule has 0 unspecified atom stereocenters. The topological polar surface area (TPSA) is 29.3 Å². The second-order valence-corrected chi connectivity index (χ2v) is 14.4. The smallest absolute Gasteiger partial charge is 0.227 e. The van der Waals surface area contributed by atoms with Gasteiger partial charge in [-0.1, -0.05) is 170 Å². The van der Waals surface area contributed by atoms with Crippen LogP contribution in [0.3, 0.4) is 0 Å². The zero-order valence-corrected chi connectivity index (χ0v) is 31.7. The quantitative estimate of drug-likeness (QED) is 0.147. The first kappa shape index (κ1) is 34.7. The summed E-state index contributed by atoms with van der Waals surface area (Å²) in [4.78, 5) is 7.04. The largest absolute Gasteiger partial charge is 0.436 e. The molecule has 3 nitrogen and oxygen atoms in total. The Morgan fingerprint density at radius 2 is 0.621 bits per heavy atom. The van der Waals surface area contributed by atoms with Crippen molar-refractivity contribution in [1.29, 1.82) is 0 Å². The third-order valence-corrected chi connectivity index (χ3v) is 10.8. The first-order valence-electron chi connectivity index (χ1n) is 19.6. The van der Waals surface area contributed by atoms with Crippen LogP contribution in [-0.2, 0) is 0 Å². The molecule has 0 radical (unpaired) electrons. The molecule has 58 heavy (non-hydrogen) atoms. The second-order valence-electron chi connectivity index (χ2n) is 14.4. The maximum absolute atomic E-state index is 6.06. The summed E-state index contributed by atoms with van der Waals surface area (Å²) in [6.45, 7) is 0. The Hall–Kier alpha value is -7.75. The molecule has 0 fully saturated rings. The van der Waals surface area contributed by atoms with Crippen LogP contribution < -0.4 is 4.90 Å². The first-order chi connectivity index (χ1) is 28.7. The van der Waals surface area contributed by atoms with Crippen molar-refractivity contribution < 1.29 is 4.42 Å². The van der Waals surface area contributed by atoms with Crippen molar-refractivity contribution >= 4 is 28.2 Å². The number of rotatable bonds is 9. The lowest BCUT2D eigenvalue weighted by atomic mass is 9.89. The maximum atomic E-state index is 6.06. The van der Waals surface area contributed by atoms with Crippen LogP contribution in [0.5, 0.6) is 0 Å². The summed E-state index contributed by atoms with van der Waals surface area (Å²) in [5, 5.41) is 0. The molecule has 0 saturated carbocycles. The van der Waals surface area contributed by atoms with Gasteiger partial charge < -0.3 is 9.32 Å². The predicted molar refractivity (Wildman–Crippen MR) is 241 cm³/mol. The van der Waals surface area contributed by atoms with Crippen LogP contribution in [0.25, 0.3) is 78.2 Å². The van der Waals surface area contributed by atoms with Gasteiger partial charge in [-0.05, 0) is 116 Å². The zero-order chi connectivity index (χ0) is 38.7. The highest BCUT2D eigenvalue weighted by Crippen LogP contribution is 2.41. The van der Waals surface area contributed by atoms with Crippen molar-refractivity contribution in [3.05, 3.63) is 231 Å². The molecule has 0 atom stereocenters. The highest BCUT2D eigenvalue weighted by atomic mass is 16.3. The van der Waals surface area contributed by atoms with E-state index in [4.69, 9.17) is 9.40 Å². The zero-order valence-electron chi connectivity index (χ0n) is 31.7. The Kier molecular flexibility index (Phi) is 9.23. The van der Waals surface area contributed by atoms with Gasteiger partial charge in [0.15, 0.2) is 5.58 Å². The summed E-state index contributed by atoms with van der Waals surface area (Å²) < 4.78 is 6.06. The molecule has 0 aliphatic carbocycles. The average molecular weight is 743 g/mol. The molecule has 0 amide bonds. The number of oxazole rings is 1. The lowest BCUT2D eigenvalue weighted by Gasteiger charge is -2.26. The number of hydrogen-bond donors (Lipinski definition) is 0. The number of hydrogen-bond acceptors (Lipinski definition) is 3. The fourth-order valence-electron chi connectivity index (χ4n) is 7.83. The summed E-state index contributed by atoms with van der Waals surface area (Å²) in [5.74, 6) is 0.627. The number of aromatic nitrogens is 1. The van der Waals surface area contributed by atoms with E-state index in [-0.39, 0.29) is 0 Å². The molecule has 1 aromatic heterocycles. The van der Waals surface area contributed by atoms with Crippen molar-refractivity contribution in [2.75, 3.05) is 4.90 Å². The van der Waals surface area contributed by atoms with Crippen LogP contribution in [0.2, 0.25) is 0 Å². The molecule has 0 bridgehead atoms. The number of anilines is 3. The lowest BCUT2D eigenvalue weighted by Crippen LogP contribution is -2.09. The average Bonchev–Trinajstić information content (AvgIpc) is 3.75. The van der Waals surface area contributed by atoms with Crippen LogP contribution >= 0.6 is 0 Å². The third-order valence-electron chi connectivity index (χ3n) is 10.8. The van der Waals surface area contributed by atoms with Crippen molar-refractivity contribution in [3.8, 4) is 67.1 Å². The predicted octanol–water partition coefficient (Wildman–Crippen LogP) is 15.3. The Morgan fingerprint density at radius 3 is 1.09 bits per heavy atom. The third kappa shape index (κ3) is 6.87. The molecular formula is C55H38N2O. The summed E-state index contributed by atoms with van der Waals surface area (Å²) in [5.41, 5.74) is 17.6. The lowest BCUT2D eigenvalue weighted by molar-refractivity contribution is 0.620. The van der Waals surface area contributed by atoms with Crippen LogP contribution in [0.15, 0.2) is 235 Å². The molecule has 10 aromatic rings. The van der Waals surface area contributed by atoms with Crippen LogP contribution in [0.1, 0.15) is 0 Å². The van der Waals surface area contributed by atoms with Crippen molar-refractivity contribution in [1.82, 2.24) is 4.98 Å². The minimum Gasteiger partial charge on any atom is -0.436 e. The summed E-state index contributed by atoms with van der Waals surface area (Å²) in [6.07, 6.45) is 0. The van der Waals surface area contributed by atoms with Gasteiger partial charge in [-0.25, -0.2) is 4.98 Å². The molecule has 0 saturated heterocycles. The second kappa shape index (κ2) is 15.4. The Bertz CT molecular complexity index is 2840. The number of fused-ring (bicyclic) bond motifs is 1. The first-order valence-corrected chi connectivity index (χ1v) is 19.6. The number of benzene rings is 9. The van der Waals surface area contributed by atoms with Crippen LogP contribution in [0, 0.1) is 0 Å². The summed E-state index contributed by atoms with van der Waals surface area (Å²) >= 11 is 0. The molecule has 0 aliphatic heterocycles. The van der Waals surface area contributed by atoms with Crippen LogP contribution in [0.4, 0.5) is 17.1 Å². The van der Waals surface area contributed by atoms with Gasteiger partial charge in [-0.2, -0.15) is 0 Å². The monoisotopic (exact) mass is 742 g/mol. The van der Waals surface area contributed by atoms with E-state index >= 15 is 0 Å². The molecule has 0 N–H and O–H groups in total. The van der Waals surface area contributed by atoms with Gasteiger partial charge in [0.25, 0.3) is 0 Å². The molecule has 0 aliphatic rings. The normalized spacial score (nSPS) is 11.1. The summed E-state index contributed by atoms with van der Waals surface area (Å²) in [7, 11) is 0. The van der Waals surface area contributed by atoms with E-state index in [1.54, 1.807) is 0 Å². The fourth-order valence-corrected chi connectivity index (χ4v) is 7.83. The van der Waals surface area contributed by atoms with Crippen molar-refractivity contribution in [2.45, 2.75) is 0 Å². The molecule has 1 heterocycles. The van der Waals surface area contributed by atoms with E-state index < -0.39 is 0 Å². The Morgan fingerprint density at radius 1 is 0.276 bits per heavy atom. The molecule has 0 spiro atoms. The van der Waals surface area contributed by atoms with Gasteiger partial charge in [-0.15, -0.1) is 0 Å². The highest BCUT2D eigenvalue weighted by molar-refractivity contribution is 5.92. The van der Waals surface area contributed by atoms with Gasteiger partial charge in [0.05, 0.1) is 0 Å². The van der Waals surface area contributed by atoms with Gasteiger partial charge in [-0.3, -0.25) is 0 Å². The van der Waals surface area contributed by atoms with Crippen LogP contribution in [-0.4, -0.2) is 4.98 Å². The molecule has 10 rings (SSSR count). The van der Waals surface area contributed by atoms with E-state index in [0.29, 0.717) is 5.89 Å². The van der Waals surface area contributed by atoms with E-state index in [1.165, 1.54) is 44.5 Å². The van der Waals surface area contributed by atoms with E-state index in [1.807, 2.05) is 24.3 Å².